The Labute approximate surface area is 139 Å². The summed E-state index contributed by atoms with van der Waals surface area (Å²) in [5.41, 5.74) is 0.634. The van der Waals surface area contributed by atoms with Gasteiger partial charge in [0.25, 0.3) is 5.91 Å². The fourth-order valence-electron chi connectivity index (χ4n) is 1.65. The van der Waals surface area contributed by atoms with Crippen molar-refractivity contribution in [3.8, 4) is 0 Å². The molecule has 0 unspecified atom stereocenters. The van der Waals surface area contributed by atoms with Gasteiger partial charge in [-0.05, 0) is 45.0 Å². The number of nitrogens with zero attached hydrogens (tertiary/aromatic N) is 2. The van der Waals surface area contributed by atoms with Crippen LogP contribution < -0.4 is 10.6 Å². The highest BCUT2D eigenvalue weighted by molar-refractivity contribution is 6.42. The van der Waals surface area contributed by atoms with Gasteiger partial charge in [-0.2, -0.15) is 0 Å². The molecule has 2 aromatic rings. The van der Waals surface area contributed by atoms with E-state index in [0.29, 0.717) is 21.7 Å². The second-order valence-electron chi connectivity index (χ2n) is 5.72. The van der Waals surface area contributed by atoms with Gasteiger partial charge in [0.15, 0.2) is 0 Å². The molecule has 5 nitrogen and oxygen atoms in total. The van der Waals surface area contributed by atoms with Gasteiger partial charge in [-0.1, -0.05) is 23.2 Å². The standard InChI is InChI=1S/C15H16Cl2N4O/c1-15(2,3)21-13(22)12-6-7-18-14(20-12)19-9-4-5-10(16)11(17)8-9/h4-8H,1-3H3,(H,21,22)(H,18,19,20). The molecule has 0 bridgehead atoms. The van der Waals surface area contributed by atoms with Crippen molar-refractivity contribution in [2.75, 3.05) is 5.32 Å². The Morgan fingerprint density at radius 1 is 1.14 bits per heavy atom. The zero-order chi connectivity index (χ0) is 16.3. The Morgan fingerprint density at radius 2 is 1.86 bits per heavy atom. The van der Waals surface area contributed by atoms with E-state index >= 15 is 0 Å². The summed E-state index contributed by atoms with van der Waals surface area (Å²) >= 11 is 11.8. The first-order chi connectivity index (χ1) is 10.2. The third-order valence-corrected chi connectivity index (χ3v) is 3.29. The molecule has 2 rings (SSSR count). The quantitative estimate of drug-likeness (QED) is 0.885. The highest BCUT2D eigenvalue weighted by Crippen LogP contribution is 2.26. The van der Waals surface area contributed by atoms with Crippen molar-refractivity contribution in [1.29, 1.82) is 0 Å². The smallest absolute Gasteiger partial charge is 0.270 e. The Balaban J connectivity index is 2.17. The van der Waals surface area contributed by atoms with Gasteiger partial charge in [0, 0.05) is 17.4 Å². The molecule has 7 heteroatoms. The molecule has 0 radical (unpaired) electrons. The Morgan fingerprint density at radius 3 is 2.50 bits per heavy atom. The van der Waals surface area contributed by atoms with Crippen LogP contribution in [0.15, 0.2) is 30.5 Å². The number of hydrogen-bond acceptors (Lipinski definition) is 4. The summed E-state index contributed by atoms with van der Waals surface area (Å²) in [6, 6.07) is 6.64. The van der Waals surface area contributed by atoms with E-state index in [9.17, 15) is 4.79 Å². The number of anilines is 2. The van der Waals surface area contributed by atoms with Crippen LogP contribution in [0.25, 0.3) is 0 Å². The lowest BCUT2D eigenvalue weighted by molar-refractivity contribution is 0.0914. The summed E-state index contributed by atoms with van der Waals surface area (Å²) in [5.74, 6) is 0.0482. The number of hydrogen-bond donors (Lipinski definition) is 2. The topological polar surface area (TPSA) is 66.9 Å². The summed E-state index contributed by atoms with van der Waals surface area (Å²) in [6.07, 6.45) is 1.52. The number of benzene rings is 1. The van der Waals surface area contributed by atoms with Crippen LogP contribution in [0.2, 0.25) is 10.0 Å². The molecule has 2 N–H and O–H groups in total. The van der Waals surface area contributed by atoms with Crippen LogP contribution in [-0.2, 0) is 0 Å². The lowest BCUT2D eigenvalue weighted by atomic mass is 10.1. The molecule has 0 fully saturated rings. The van der Waals surface area contributed by atoms with Crippen LogP contribution in [0.4, 0.5) is 11.6 Å². The first kappa shape index (κ1) is 16.5. The van der Waals surface area contributed by atoms with Crippen LogP contribution >= 0.6 is 23.2 Å². The second kappa shape index (κ2) is 6.50. The normalized spacial score (nSPS) is 11.1. The summed E-state index contributed by atoms with van der Waals surface area (Å²) in [7, 11) is 0. The molecule has 1 aromatic heterocycles. The number of aromatic nitrogens is 2. The predicted molar refractivity (Wildman–Crippen MR) is 89.0 cm³/mol. The van der Waals surface area contributed by atoms with Gasteiger partial charge < -0.3 is 10.6 Å². The second-order valence-corrected chi connectivity index (χ2v) is 6.54. The van der Waals surface area contributed by atoms with E-state index in [-0.39, 0.29) is 17.1 Å². The van der Waals surface area contributed by atoms with Gasteiger partial charge in [0.05, 0.1) is 10.0 Å². The molecule has 116 valence electrons. The van der Waals surface area contributed by atoms with Crippen LogP contribution in [-0.4, -0.2) is 21.4 Å². The fraction of sp³-hybridized carbons (Fsp3) is 0.267. The van der Waals surface area contributed by atoms with Crippen LogP contribution in [0, 0.1) is 0 Å². The lowest BCUT2D eigenvalue weighted by Crippen LogP contribution is -2.41. The van der Waals surface area contributed by atoms with E-state index in [4.69, 9.17) is 23.2 Å². The zero-order valence-corrected chi connectivity index (χ0v) is 14.0. The van der Waals surface area contributed by atoms with Crippen LogP contribution in [0.3, 0.4) is 0 Å². The molecule has 0 atom stereocenters. The molecular weight excluding hydrogens is 323 g/mol. The van der Waals surface area contributed by atoms with Crippen molar-refractivity contribution in [1.82, 2.24) is 15.3 Å². The fourth-order valence-corrected chi connectivity index (χ4v) is 1.95. The van der Waals surface area contributed by atoms with Gasteiger partial charge in [-0.15, -0.1) is 0 Å². The zero-order valence-electron chi connectivity index (χ0n) is 12.4. The number of halogens is 2. The first-order valence-corrected chi connectivity index (χ1v) is 7.38. The molecule has 1 heterocycles. The van der Waals surface area contributed by atoms with E-state index in [1.165, 1.54) is 6.20 Å². The number of rotatable bonds is 3. The molecule has 0 saturated heterocycles. The number of nitrogens with one attached hydrogen (secondary N) is 2. The van der Waals surface area contributed by atoms with E-state index in [1.54, 1.807) is 24.3 Å². The molecule has 0 aliphatic carbocycles. The minimum Gasteiger partial charge on any atom is -0.346 e. The van der Waals surface area contributed by atoms with Gasteiger partial charge in [0.1, 0.15) is 5.69 Å². The summed E-state index contributed by atoms with van der Waals surface area (Å²) in [6.45, 7) is 5.71. The maximum absolute atomic E-state index is 12.1. The molecule has 0 saturated carbocycles. The van der Waals surface area contributed by atoms with Crippen molar-refractivity contribution in [2.45, 2.75) is 26.3 Å². The Hall–Kier alpha value is -1.85. The lowest BCUT2D eigenvalue weighted by Gasteiger charge is -2.20. The molecule has 0 aliphatic rings. The predicted octanol–water partition coefficient (Wildman–Crippen LogP) is 4.06. The van der Waals surface area contributed by atoms with E-state index < -0.39 is 0 Å². The Bertz CT molecular complexity index is 698. The minimum absolute atomic E-state index is 0.257. The van der Waals surface area contributed by atoms with Crippen molar-refractivity contribution in [3.05, 3.63) is 46.2 Å². The van der Waals surface area contributed by atoms with E-state index in [2.05, 4.69) is 20.6 Å². The van der Waals surface area contributed by atoms with Gasteiger partial charge >= 0.3 is 0 Å². The summed E-state index contributed by atoms with van der Waals surface area (Å²) in [5, 5.41) is 6.72. The van der Waals surface area contributed by atoms with Crippen molar-refractivity contribution in [2.24, 2.45) is 0 Å². The molecule has 1 amide bonds. The van der Waals surface area contributed by atoms with Gasteiger partial charge in [0.2, 0.25) is 5.95 Å². The summed E-state index contributed by atoms with van der Waals surface area (Å²) in [4.78, 5) is 20.4. The third-order valence-electron chi connectivity index (χ3n) is 2.55. The number of carbonyl (C=O) groups is 1. The van der Waals surface area contributed by atoms with E-state index in [0.717, 1.165) is 0 Å². The molecule has 22 heavy (non-hydrogen) atoms. The van der Waals surface area contributed by atoms with Crippen LogP contribution in [0.5, 0.6) is 0 Å². The van der Waals surface area contributed by atoms with Crippen molar-refractivity contribution >= 4 is 40.7 Å². The average molecular weight is 339 g/mol. The highest BCUT2D eigenvalue weighted by atomic mass is 35.5. The summed E-state index contributed by atoms with van der Waals surface area (Å²) < 4.78 is 0. The molecule has 1 aromatic carbocycles. The third kappa shape index (κ3) is 4.58. The van der Waals surface area contributed by atoms with Gasteiger partial charge in [-0.25, -0.2) is 9.97 Å². The van der Waals surface area contributed by atoms with Crippen molar-refractivity contribution < 1.29 is 4.79 Å². The molecule has 0 spiro atoms. The maximum Gasteiger partial charge on any atom is 0.270 e. The Kier molecular flexibility index (Phi) is 4.88. The average Bonchev–Trinajstić information content (AvgIpc) is 2.41. The first-order valence-electron chi connectivity index (χ1n) is 6.62. The molecular formula is C15H16Cl2N4O. The SMILES string of the molecule is CC(C)(C)NC(=O)c1ccnc(Nc2ccc(Cl)c(Cl)c2)n1. The maximum atomic E-state index is 12.1. The van der Waals surface area contributed by atoms with Gasteiger partial charge in [-0.3, -0.25) is 4.79 Å². The largest absolute Gasteiger partial charge is 0.346 e. The minimum atomic E-state index is -0.334. The number of carbonyl (C=O) groups excluding carboxylic acids is 1. The molecule has 0 aliphatic heterocycles. The highest BCUT2D eigenvalue weighted by Gasteiger charge is 2.16. The monoisotopic (exact) mass is 338 g/mol. The number of amides is 1. The van der Waals surface area contributed by atoms with Crippen LogP contribution in [0.1, 0.15) is 31.3 Å². The van der Waals surface area contributed by atoms with E-state index in [1.807, 2.05) is 20.8 Å². The van der Waals surface area contributed by atoms with Crippen molar-refractivity contribution in [3.63, 3.8) is 0 Å².